The van der Waals surface area contributed by atoms with Gasteiger partial charge in [0, 0.05) is 12.6 Å². The quantitative estimate of drug-likeness (QED) is 0.761. The second-order valence-electron chi connectivity index (χ2n) is 2.45. The first kappa shape index (κ1) is 9.46. The summed E-state index contributed by atoms with van der Waals surface area (Å²) in [5.74, 6) is -1.32. The minimum Gasteiger partial charge on any atom is -0.383 e. The van der Waals surface area contributed by atoms with Crippen molar-refractivity contribution < 1.29 is 8.78 Å². The van der Waals surface area contributed by atoms with E-state index in [0.29, 0.717) is 6.54 Å². The van der Waals surface area contributed by atoms with Crippen LogP contribution in [-0.2, 0) is 0 Å². The summed E-state index contributed by atoms with van der Waals surface area (Å²) in [5, 5.41) is 11.0. The van der Waals surface area contributed by atoms with Gasteiger partial charge in [-0.3, -0.25) is 0 Å². The Morgan fingerprint density at radius 2 is 2.08 bits per heavy atom. The van der Waals surface area contributed by atoms with Gasteiger partial charge in [0.1, 0.15) is 17.7 Å². The summed E-state index contributed by atoms with van der Waals surface area (Å²) in [7, 11) is 0. The first-order valence-corrected chi connectivity index (χ1v) is 3.82. The van der Waals surface area contributed by atoms with E-state index in [2.05, 4.69) is 5.32 Å². The molecule has 13 heavy (non-hydrogen) atoms. The summed E-state index contributed by atoms with van der Waals surface area (Å²) in [6.07, 6.45) is 0. The highest BCUT2D eigenvalue weighted by atomic mass is 19.1. The van der Waals surface area contributed by atoms with Gasteiger partial charge in [-0.25, -0.2) is 8.78 Å². The van der Waals surface area contributed by atoms with E-state index in [9.17, 15) is 8.78 Å². The molecule has 0 saturated carbocycles. The van der Waals surface area contributed by atoms with Gasteiger partial charge < -0.3 is 5.32 Å². The van der Waals surface area contributed by atoms with Gasteiger partial charge in [-0.05, 0) is 13.0 Å². The largest absolute Gasteiger partial charge is 0.383 e. The fourth-order valence-electron chi connectivity index (χ4n) is 0.958. The van der Waals surface area contributed by atoms with Crippen molar-refractivity contribution in [1.82, 2.24) is 0 Å². The van der Waals surface area contributed by atoms with E-state index < -0.39 is 11.6 Å². The van der Waals surface area contributed by atoms with E-state index in [1.54, 1.807) is 13.0 Å². The molecule has 0 unspecified atom stereocenters. The van der Waals surface area contributed by atoms with Gasteiger partial charge in [0.2, 0.25) is 0 Å². The number of hydrogen-bond donors (Lipinski definition) is 1. The zero-order valence-corrected chi connectivity index (χ0v) is 7.06. The van der Waals surface area contributed by atoms with E-state index in [4.69, 9.17) is 5.26 Å². The molecule has 0 fully saturated rings. The van der Waals surface area contributed by atoms with Gasteiger partial charge in [0.25, 0.3) is 0 Å². The number of benzene rings is 1. The maximum atomic E-state index is 13.0. The van der Waals surface area contributed by atoms with E-state index in [0.717, 1.165) is 12.1 Å². The van der Waals surface area contributed by atoms with E-state index in [-0.39, 0.29) is 11.3 Å². The molecule has 0 atom stereocenters. The molecule has 1 aromatic rings. The van der Waals surface area contributed by atoms with Crippen LogP contribution in [0.15, 0.2) is 12.1 Å². The van der Waals surface area contributed by atoms with Crippen molar-refractivity contribution in [2.75, 3.05) is 11.9 Å². The van der Waals surface area contributed by atoms with Gasteiger partial charge in [-0.1, -0.05) is 0 Å². The topological polar surface area (TPSA) is 35.8 Å². The predicted octanol–water partition coefficient (Wildman–Crippen LogP) is 2.27. The molecule has 0 aliphatic carbocycles. The Morgan fingerprint density at radius 1 is 1.38 bits per heavy atom. The standard InChI is InChI=1S/C9H8F2N2/c1-2-13-9-4-7(10)6(5-12)3-8(9)11/h3-4,13H,2H2,1H3. The molecule has 0 amide bonds. The molecule has 0 aromatic heterocycles. The first-order valence-electron chi connectivity index (χ1n) is 3.82. The molecule has 0 saturated heterocycles. The monoisotopic (exact) mass is 182 g/mol. The van der Waals surface area contributed by atoms with Crippen LogP contribution in [0.1, 0.15) is 12.5 Å². The summed E-state index contributed by atoms with van der Waals surface area (Å²) in [6.45, 7) is 2.28. The van der Waals surface area contributed by atoms with Crippen molar-refractivity contribution in [3.8, 4) is 6.07 Å². The lowest BCUT2D eigenvalue weighted by molar-refractivity contribution is 0.599. The number of nitrogens with zero attached hydrogens (tertiary/aromatic N) is 1. The van der Waals surface area contributed by atoms with Gasteiger partial charge in [0.05, 0.1) is 11.3 Å². The normalized spacial score (nSPS) is 9.38. The molecule has 4 heteroatoms. The molecular weight excluding hydrogens is 174 g/mol. The Kier molecular flexibility index (Phi) is 2.80. The lowest BCUT2D eigenvalue weighted by Crippen LogP contribution is -2.01. The third kappa shape index (κ3) is 1.94. The molecule has 1 N–H and O–H groups in total. The van der Waals surface area contributed by atoms with Crippen LogP contribution in [-0.4, -0.2) is 6.54 Å². The minimum absolute atomic E-state index is 0.0824. The Bertz CT molecular complexity index is 355. The third-order valence-corrected chi connectivity index (χ3v) is 1.54. The van der Waals surface area contributed by atoms with Gasteiger partial charge in [-0.15, -0.1) is 0 Å². The number of nitrogens with one attached hydrogen (secondary N) is 1. The van der Waals surface area contributed by atoms with Crippen LogP contribution in [0.4, 0.5) is 14.5 Å². The van der Waals surface area contributed by atoms with Crippen molar-refractivity contribution in [2.45, 2.75) is 6.92 Å². The zero-order valence-electron chi connectivity index (χ0n) is 7.06. The lowest BCUT2D eigenvalue weighted by Gasteiger charge is -2.04. The summed E-state index contributed by atoms with van der Waals surface area (Å²) < 4.78 is 25.9. The fourth-order valence-corrected chi connectivity index (χ4v) is 0.958. The van der Waals surface area contributed by atoms with Crippen LogP contribution in [0.3, 0.4) is 0 Å². The molecule has 68 valence electrons. The maximum absolute atomic E-state index is 13.0. The summed E-state index contributed by atoms with van der Waals surface area (Å²) >= 11 is 0. The predicted molar refractivity (Wildman–Crippen MR) is 45.2 cm³/mol. The van der Waals surface area contributed by atoms with Gasteiger partial charge in [0.15, 0.2) is 0 Å². The minimum atomic E-state index is -0.708. The summed E-state index contributed by atoms with van der Waals surface area (Å²) in [5.41, 5.74) is -0.196. The highest BCUT2D eigenvalue weighted by Gasteiger charge is 2.08. The second kappa shape index (κ2) is 3.85. The maximum Gasteiger partial charge on any atom is 0.147 e. The second-order valence-corrected chi connectivity index (χ2v) is 2.45. The van der Waals surface area contributed by atoms with Crippen molar-refractivity contribution in [3.05, 3.63) is 29.3 Å². The Morgan fingerprint density at radius 3 is 2.62 bits per heavy atom. The fraction of sp³-hybridized carbons (Fsp3) is 0.222. The van der Waals surface area contributed by atoms with Crippen LogP contribution in [0.5, 0.6) is 0 Å². The van der Waals surface area contributed by atoms with E-state index >= 15 is 0 Å². The van der Waals surface area contributed by atoms with Crippen molar-refractivity contribution >= 4 is 5.69 Å². The summed E-state index contributed by atoms with van der Waals surface area (Å²) in [4.78, 5) is 0. The van der Waals surface area contributed by atoms with E-state index in [1.807, 2.05) is 0 Å². The molecule has 0 bridgehead atoms. The van der Waals surface area contributed by atoms with Crippen molar-refractivity contribution in [2.24, 2.45) is 0 Å². The molecule has 2 nitrogen and oxygen atoms in total. The van der Waals surface area contributed by atoms with Crippen molar-refractivity contribution in [1.29, 1.82) is 5.26 Å². The zero-order chi connectivity index (χ0) is 9.84. The van der Waals surface area contributed by atoms with Gasteiger partial charge >= 0.3 is 0 Å². The van der Waals surface area contributed by atoms with Crippen LogP contribution < -0.4 is 5.32 Å². The number of halogens is 2. The molecule has 0 aliphatic heterocycles. The Balaban J connectivity index is 3.14. The van der Waals surface area contributed by atoms with Crippen LogP contribution in [0.2, 0.25) is 0 Å². The highest BCUT2D eigenvalue weighted by Crippen LogP contribution is 2.18. The SMILES string of the molecule is CCNc1cc(F)c(C#N)cc1F. The number of nitriles is 1. The Labute approximate surface area is 74.8 Å². The number of anilines is 1. The molecule has 1 rings (SSSR count). The molecule has 0 radical (unpaired) electrons. The Hall–Kier alpha value is -1.63. The van der Waals surface area contributed by atoms with E-state index in [1.165, 1.54) is 0 Å². The number of hydrogen-bond acceptors (Lipinski definition) is 2. The molecular formula is C9H8F2N2. The third-order valence-electron chi connectivity index (χ3n) is 1.54. The number of rotatable bonds is 2. The summed E-state index contributed by atoms with van der Waals surface area (Å²) in [6, 6.07) is 3.43. The van der Waals surface area contributed by atoms with Crippen LogP contribution in [0.25, 0.3) is 0 Å². The molecule has 1 aromatic carbocycles. The molecule has 0 spiro atoms. The average Bonchev–Trinajstić information content (AvgIpc) is 2.11. The smallest absolute Gasteiger partial charge is 0.147 e. The highest BCUT2D eigenvalue weighted by molar-refractivity contribution is 5.49. The van der Waals surface area contributed by atoms with Gasteiger partial charge in [-0.2, -0.15) is 5.26 Å². The molecule has 0 heterocycles. The first-order chi connectivity index (χ1) is 6.19. The van der Waals surface area contributed by atoms with Crippen molar-refractivity contribution in [3.63, 3.8) is 0 Å². The molecule has 0 aliphatic rings. The lowest BCUT2D eigenvalue weighted by atomic mass is 10.2. The average molecular weight is 182 g/mol. The van der Waals surface area contributed by atoms with Crippen LogP contribution >= 0.6 is 0 Å². The van der Waals surface area contributed by atoms with Crippen LogP contribution in [0, 0.1) is 23.0 Å².